The number of fused-ring (bicyclic) bond motifs is 1. The van der Waals surface area contributed by atoms with Crippen molar-refractivity contribution in [1.29, 1.82) is 0 Å². The van der Waals surface area contributed by atoms with Crippen LogP contribution in [0.5, 0.6) is 0 Å². The molecule has 39 heavy (non-hydrogen) atoms. The summed E-state index contributed by atoms with van der Waals surface area (Å²) >= 11 is 6.40. The van der Waals surface area contributed by atoms with Gasteiger partial charge in [-0.15, -0.1) is 0 Å². The lowest BCUT2D eigenvalue weighted by atomic mass is 9.83. The standard InChI is InChI=1S/C29H36ClN7O2/c1-16(2)24-9-18(4)14-36(24)28-33-22-11-23(27-34-29(38)39-35-27)32-25(20-10-21(30)13-31-12-20)26(22)37(28)15-19-7-5-17(3)6-8-19/h10-13,16-19,24H,5-9,14-15H2,1-4H3,(H,34,35,38)/t17-,18-,19-,24+/m1/s1. The molecule has 1 saturated carbocycles. The number of aromatic nitrogens is 6. The monoisotopic (exact) mass is 549 g/mol. The second kappa shape index (κ2) is 10.4. The molecule has 2 fully saturated rings. The SMILES string of the molecule is CC(C)[C@@H]1C[C@@H](C)CN1c1nc2cc(-c3noc(=O)[nH]3)nc(-c3cncc(Cl)c3)c2n1C[C@H]1CC[C@H](C)CC1. The van der Waals surface area contributed by atoms with Gasteiger partial charge in [0.05, 0.1) is 21.7 Å². The number of pyridine rings is 2. The number of anilines is 1. The third-order valence-electron chi connectivity index (χ3n) is 8.52. The van der Waals surface area contributed by atoms with Crippen LogP contribution in [0, 0.1) is 23.7 Å². The number of halogens is 1. The lowest BCUT2D eigenvalue weighted by Gasteiger charge is -2.31. The summed E-state index contributed by atoms with van der Waals surface area (Å²) in [6.07, 6.45) is 9.48. The van der Waals surface area contributed by atoms with Crippen LogP contribution in [0.4, 0.5) is 5.95 Å². The molecule has 1 aliphatic carbocycles. The van der Waals surface area contributed by atoms with Crippen molar-refractivity contribution in [2.45, 2.75) is 72.4 Å². The molecule has 5 heterocycles. The molecule has 206 valence electrons. The number of nitrogens with zero attached hydrogens (tertiary/aromatic N) is 6. The molecule has 1 N–H and O–H groups in total. The van der Waals surface area contributed by atoms with Gasteiger partial charge in [0.1, 0.15) is 5.69 Å². The van der Waals surface area contributed by atoms with E-state index in [1.807, 2.05) is 12.1 Å². The smallest absolute Gasteiger partial charge is 0.339 e. The molecule has 9 nitrogen and oxygen atoms in total. The van der Waals surface area contributed by atoms with E-state index in [-0.39, 0.29) is 5.82 Å². The molecule has 6 rings (SSSR count). The fourth-order valence-corrected chi connectivity index (χ4v) is 6.63. The van der Waals surface area contributed by atoms with E-state index in [1.165, 1.54) is 25.7 Å². The van der Waals surface area contributed by atoms with Crippen molar-refractivity contribution in [1.82, 2.24) is 29.7 Å². The third kappa shape index (κ3) is 5.09. The summed E-state index contributed by atoms with van der Waals surface area (Å²) in [4.78, 5) is 31.6. The van der Waals surface area contributed by atoms with Gasteiger partial charge in [-0.2, -0.15) is 0 Å². The highest BCUT2D eigenvalue weighted by Crippen LogP contribution is 2.40. The van der Waals surface area contributed by atoms with Crippen LogP contribution in [0.2, 0.25) is 5.02 Å². The predicted molar refractivity (Wildman–Crippen MR) is 153 cm³/mol. The van der Waals surface area contributed by atoms with Gasteiger partial charge in [0.2, 0.25) is 11.8 Å². The summed E-state index contributed by atoms with van der Waals surface area (Å²) in [5, 5.41) is 4.44. The molecule has 2 atom stereocenters. The van der Waals surface area contributed by atoms with Crippen LogP contribution in [0.15, 0.2) is 33.8 Å². The normalized spacial score (nSPS) is 23.8. The minimum Gasteiger partial charge on any atom is -0.339 e. The fraction of sp³-hybridized carbons (Fsp3) is 0.552. The van der Waals surface area contributed by atoms with Crippen molar-refractivity contribution in [3.63, 3.8) is 0 Å². The second-order valence-corrected chi connectivity index (χ2v) is 12.4. The largest absolute Gasteiger partial charge is 0.439 e. The maximum atomic E-state index is 11.8. The van der Waals surface area contributed by atoms with Gasteiger partial charge < -0.3 is 9.47 Å². The van der Waals surface area contributed by atoms with Gasteiger partial charge in [0, 0.05) is 37.1 Å². The average Bonchev–Trinajstić information content (AvgIpc) is 3.61. The van der Waals surface area contributed by atoms with Crippen LogP contribution in [0.25, 0.3) is 33.8 Å². The van der Waals surface area contributed by atoms with E-state index in [9.17, 15) is 4.79 Å². The Hall–Kier alpha value is -3.20. The Kier molecular flexibility index (Phi) is 6.95. The van der Waals surface area contributed by atoms with E-state index in [2.05, 4.69) is 52.3 Å². The maximum Gasteiger partial charge on any atom is 0.439 e. The first-order chi connectivity index (χ1) is 18.8. The third-order valence-corrected chi connectivity index (χ3v) is 8.73. The van der Waals surface area contributed by atoms with Gasteiger partial charge in [0.15, 0.2) is 0 Å². The van der Waals surface area contributed by atoms with Crippen LogP contribution in [-0.2, 0) is 6.54 Å². The second-order valence-electron chi connectivity index (χ2n) is 12.0. The molecule has 10 heteroatoms. The minimum atomic E-state index is -0.624. The van der Waals surface area contributed by atoms with Crippen LogP contribution < -0.4 is 10.7 Å². The number of rotatable bonds is 6. The molecule has 4 aromatic heterocycles. The zero-order valence-corrected chi connectivity index (χ0v) is 23.8. The number of imidazole rings is 1. The van der Waals surface area contributed by atoms with Crippen molar-refractivity contribution in [3.05, 3.63) is 40.1 Å². The molecule has 0 unspecified atom stereocenters. The number of nitrogens with one attached hydrogen (secondary N) is 1. The number of hydrogen-bond acceptors (Lipinski definition) is 7. The zero-order chi connectivity index (χ0) is 27.3. The van der Waals surface area contributed by atoms with Gasteiger partial charge in [-0.1, -0.05) is 57.3 Å². The molecule has 0 radical (unpaired) electrons. The minimum absolute atomic E-state index is 0.269. The van der Waals surface area contributed by atoms with Crippen LogP contribution in [0.3, 0.4) is 0 Å². The van der Waals surface area contributed by atoms with Gasteiger partial charge in [-0.05, 0) is 55.1 Å². The summed E-state index contributed by atoms with van der Waals surface area (Å²) in [6, 6.07) is 4.19. The zero-order valence-electron chi connectivity index (χ0n) is 23.0. The Morgan fingerprint density at radius 3 is 2.59 bits per heavy atom. The first-order valence-corrected chi connectivity index (χ1v) is 14.5. The summed E-state index contributed by atoms with van der Waals surface area (Å²) in [5.41, 5.74) is 3.77. The Balaban J connectivity index is 1.59. The van der Waals surface area contributed by atoms with E-state index in [0.29, 0.717) is 34.5 Å². The Morgan fingerprint density at radius 1 is 1.10 bits per heavy atom. The topological polar surface area (TPSA) is 106 Å². The molecule has 0 amide bonds. The van der Waals surface area contributed by atoms with E-state index in [1.54, 1.807) is 12.4 Å². The highest BCUT2D eigenvalue weighted by Gasteiger charge is 2.36. The summed E-state index contributed by atoms with van der Waals surface area (Å²) in [7, 11) is 0. The molecular weight excluding hydrogens is 514 g/mol. The maximum absolute atomic E-state index is 11.8. The van der Waals surface area contributed by atoms with Gasteiger partial charge in [0.25, 0.3) is 0 Å². The van der Waals surface area contributed by atoms with E-state index < -0.39 is 5.76 Å². The molecule has 1 aliphatic heterocycles. The molecule has 4 aromatic rings. The van der Waals surface area contributed by atoms with E-state index in [0.717, 1.165) is 53.7 Å². The van der Waals surface area contributed by atoms with Gasteiger partial charge in [-0.25, -0.2) is 14.8 Å². The highest BCUT2D eigenvalue weighted by molar-refractivity contribution is 6.30. The molecule has 0 aromatic carbocycles. The van der Waals surface area contributed by atoms with Crippen molar-refractivity contribution in [2.75, 3.05) is 11.4 Å². The fourth-order valence-electron chi connectivity index (χ4n) is 6.46. The van der Waals surface area contributed by atoms with Crippen LogP contribution in [0.1, 0.15) is 59.8 Å². The van der Waals surface area contributed by atoms with Gasteiger partial charge in [-0.3, -0.25) is 14.5 Å². The number of H-pyrrole nitrogens is 1. The summed E-state index contributed by atoms with van der Waals surface area (Å²) < 4.78 is 7.20. The lowest BCUT2D eigenvalue weighted by Crippen LogP contribution is -2.36. The average molecular weight is 550 g/mol. The van der Waals surface area contributed by atoms with Crippen LogP contribution >= 0.6 is 11.6 Å². The molecule has 0 spiro atoms. The molecule has 1 saturated heterocycles. The molecular formula is C29H36ClN7O2. The predicted octanol–water partition coefficient (Wildman–Crippen LogP) is 6.19. The highest BCUT2D eigenvalue weighted by atomic mass is 35.5. The first-order valence-electron chi connectivity index (χ1n) is 14.1. The molecule has 2 aliphatic rings. The summed E-state index contributed by atoms with van der Waals surface area (Å²) in [6.45, 7) is 11.1. The quantitative estimate of drug-likeness (QED) is 0.306. The van der Waals surface area contributed by atoms with E-state index in [4.69, 9.17) is 26.1 Å². The van der Waals surface area contributed by atoms with E-state index >= 15 is 0 Å². The van der Waals surface area contributed by atoms with Crippen LogP contribution in [-0.4, -0.2) is 42.2 Å². The number of hydrogen-bond donors (Lipinski definition) is 1. The number of aromatic amines is 1. The Morgan fingerprint density at radius 2 is 1.90 bits per heavy atom. The van der Waals surface area contributed by atoms with Crippen molar-refractivity contribution < 1.29 is 4.52 Å². The summed E-state index contributed by atoms with van der Waals surface area (Å²) in [5.74, 6) is 3.09. The van der Waals surface area contributed by atoms with Crippen molar-refractivity contribution >= 4 is 28.6 Å². The molecule has 0 bridgehead atoms. The van der Waals surface area contributed by atoms with Gasteiger partial charge >= 0.3 is 5.76 Å². The van der Waals surface area contributed by atoms with Crippen molar-refractivity contribution in [2.24, 2.45) is 23.7 Å². The first kappa shape index (κ1) is 26.0. The Labute approximate surface area is 233 Å². The van der Waals surface area contributed by atoms with Crippen molar-refractivity contribution in [3.8, 4) is 22.8 Å². The Bertz CT molecular complexity index is 1530. The lowest BCUT2D eigenvalue weighted by molar-refractivity contribution is 0.266.